The number of hydrogen-bond donors (Lipinski definition) is 3. The Morgan fingerprint density at radius 1 is 1.02 bits per heavy atom. The number of rotatable bonds is 5. The zero-order valence-corrected chi connectivity index (χ0v) is 23.5. The maximum Gasteiger partial charge on any atom is 0.250 e. The number of aryl methyl sites for hydroxylation is 1. The number of carbonyl (C=O) groups excluding carboxylic acids is 2. The van der Waals surface area contributed by atoms with E-state index in [0.717, 1.165) is 71.6 Å². The van der Waals surface area contributed by atoms with Crippen molar-refractivity contribution in [3.05, 3.63) is 58.9 Å². The number of hydrogen-bond acceptors (Lipinski definition) is 7. The quantitative estimate of drug-likeness (QED) is 0.350. The maximum atomic E-state index is 13.0. The Hall–Kier alpha value is -4.18. The van der Waals surface area contributed by atoms with Crippen LogP contribution in [0.25, 0.3) is 22.3 Å². The fourth-order valence-electron chi connectivity index (χ4n) is 6.18. The van der Waals surface area contributed by atoms with Crippen LogP contribution in [-0.2, 0) is 6.42 Å². The van der Waals surface area contributed by atoms with E-state index in [1.165, 1.54) is 0 Å². The lowest BCUT2D eigenvalue weighted by Gasteiger charge is -2.30. The van der Waals surface area contributed by atoms with Gasteiger partial charge < -0.3 is 21.7 Å². The molecule has 1 saturated heterocycles. The van der Waals surface area contributed by atoms with Crippen LogP contribution in [0.4, 0.5) is 11.5 Å². The van der Waals surface area contributed by atoms with E-state index in [4.69, 9.17) is 16.6 Å². The number of ketones is 1. The molecule has 0 unspecified atom stereocenters. The second kappa shape index (κ2) is 9.48. The highest BCUT2D eigenvalue weighted by Crippen LogP contribution is 2.37. The van der Waals surface area contributed by atoms with Gasteiger partial charge >= 0.3 is 0 Å². The fraction of sp³-hybridized carbons (Fsp3) is 0.400. The van der Waals surface area contributed by atoms with Crippen molar-refractivity contribution in [1.29, 1.82) is 0 Å². The molecule has 0 radical (unpaired) electrons. The minimum Gasteiger partial charge on any atom is -0.382 e. The molecule has 2 aromatic carbocycles. The molecule has 3 heterocycles. The minimum atomic E-state index is -0.481. The second-order valence-corrected chi connectivity index (χ2v) is 12.1. The Balaban J connectivity index is 1.43. The topological polar surface area (TPSA) is 137 Å². The molecule has 10 nitrogen and oxygen atoms in total. The number of nitrogen functional groups attached to an aromatic ring is 1. The van der Waals surface area contributed by atoms with Crippen LogP contribution < -0.4 is 16.8 Å². The van der Waals surface area contributed by atoms with Gasteiger partial charge in [0, 0.05) is 23.5 Å². The van der Waals surface area contributed by atoms with Gasteiger partial charge in [-0.15, -0.1) is 5.10 Å². The van der Waals surface area contributed by atoms with Crippen molar-refractivity contribution >= 4 is 34.1 Å². The van der Waals surface area contributed by atoms with Crippen LogP contribution in [0.5, 0.6) is 0 Å². The van der Waals surface area contributed by atoms with E-state index >= 15 is 0 Å². The lowest BCUT2D eigenvalue weighted by molar-refractivity contribution is 0.0909. The molecule has 208 valence electrons. The maximum absolute atomic E-state index is 13.0. The number of piperidine rings is 1. The molecule has 40 heavy (non-hydrogen) atoms. The standard InChI is InChI=1S/C30H36N8O2/c1-17-27-25(15-30(2,3)16-26(27)39)38(34-17)20-6-8-22-24(14-20)37(35-28(22)31)19-5-7-21(29(32)40)23(13-19)33-18-9-11-36(4)12-10-18/h5-8,13-14,18,33H,9-12,15-16H2,1-4H3,(H2,31,35)(H2,32,40). The van der Waals surface area contributed by atoms with Gasteiger partial charge in [0.25, 0.3) is 5.91 Å². The largest absolute Gasteiger partial charge is 0.382 e. The van der Waals surface area contributed by atoms with Gasteiger partial charge in [-0.05, 0) is 88.1 Å². The summed E-state index contributed by atoms with van der Waals surface area (Å²) in [6.07, 6.45) is 3.23. The average molecular weight is 541 g/mol. The molecule has 4 aromatic rings. The van der Waals surface area contributed by atoms with Crippen LogP contribution >= 0.6 is 0 Å². The summed E-state index contributed by atoms with van der Waals surface area (Å²) in [6.45, 7) is 8.11. The third-order valence-corrected chi connectivity index (χ3v) is 8.25. The van der Waals surface area contributed by atoms with Gasteiger partial charge in [0.2, 0.25) is 0 Å². The highest BCUT2D eigenvalue weighted by atomic mass is 16.1. The predicted octanol–water partition coefficient (Wildman–Crippen LogP) is 3.86. The fourth-order valence-corrected chi connectivity index (χ4v) is 6.18. The lowest BCUT2D eigenvalue weighted by Crippen LogP contribution is -2.37. The Morgan fingerprint density at radius 3 is 2.45 bits per heavy atom. The molecule has 6 rings (SSSR count). The number of primary amides is 1. The third kappa shape index (κ3) is 4.52. The molecule has 0 saturated carbocycles. The zero-order valence-electron chi connectivity index (χ0n) is 23.5. The average Bonchev–Trinajstić information content (AvgIpc) is 3.40. The van der Waals surface area contributed by atoms with Gasteiger partial charge in [-0.25, -0.2) is 9.36 Å². The smallest absolute Gasteiger partial charge is 0.250 e. The van der Waals surface area contributed by atoms with Crippen molar-refractivity contribution in [2.75, 3.05) is 31.2 Å². The Morgan fingerprint density at radius 2 is 1.73 bits per heavy atom. The molecule has 10 heteroatoms. The van der Waals surface area contributed by atoms with Crippen molar-refractivity contribution in [3.63, 3.8) is 0 Å². The summed E-state index contributed by atoms with van der Waals surface area (Å²) in [7, 11) is 2.12. The van der Waals surface area contributed by atoms with E-state index in [1.54, 1.807) is 10.7 Å². The van der Waals surface area contributed by atoms with Crippen LogP contribution in [-0.4, -0.2) is 62.3 Å². The number of likely N-dealkylation sites (tertiary alicyclic amines) is 1. The zero-order chi connectivity index (χ0) is 28.3. The second-order valence-electron chi connectivity index (χ2n) is 12.1. The van der Waals surface area contributed by atoms with E-state index < -0.39 is 5.91 Å². The lowest BCUT2D eigenvalue weighted by atomic mass is 9.75. The molecule has 1 fully saturated rings. The van der Waals surface area contributed by atoms with Crippen molar-refractivity contribution in [2.45, 2.75) is 52.5 Å². The first-order chi connectivity index (χ1) is 19.0. The highest BCUT2D eigenvalue weighted by molar-refractivity contribution is 6.00. The Labute approximate surface area is 233 Å². The summed E-state index contributed by atoms with van der Waals surface area (Å²) >= 11 is 0. The third-order valence-electron chi connectivity index (χ3n) is 8.25. The van der Waals surface area contributed by atoms with Crippen LogP contribution in [0.3, 0.4) is 0 Å². The molecule has 2 aliphatic rings. The molecule has 5 N–H and O–H groups in total. The van der Waals surface area contributed by atoms with Crippen LogP contribution in [0.2, 0.25) is 0 Å². The summed E-state index contributed by atoms with van der Waals surface area (Å²) < 4.78 is 3.68. The SMILES string of the molecule is Cc1nn(-c2ccc3c(N)nn(-c4ccc(C(N)=O)c(NC5CCN(C)CC5)c4)c3c2)c2c1C(=O)CC(C)(C)C2. The first kappa shape index (κ1) is 26.1. The number of nitrogens with two attached hydrogens (primary N) is 2. The number of carbonyl (C=O) groups is 2. The summed E-state index contributed by atoms with van der Waals surface area (Å²) in [5, 5.41) is 13.8. The number of fused-ring (bicyclic) bond motifs is 2. The molecular formula is C30H36N8O2. The summed E-state index contributed by atoms with van der Waals surface area (Å²) in [4.78, 5) is 27.5. The van der Waals surface area contributed by atoms with E-state index in [9.17, 15) is 9.59 Å². The van der Waals surface area contributed by atoms with Gasteiger partial charge in [0.05, 0.1) is 39.4 Å². The molecule has 1 aliphatic heterocycles. The number of benzene rings is 2. The van der Waals surface area contributed by atoms with Gasteiger partial charge in [0.1, 0.15) is 0 Å². The molecule has 1 amide bonds. The van der Waals surface area contributed by atoms with Crippen molar-refractivity contribution < 1.29 is 9.59 Å². The van der Waals surface area contributed by atoms with E-state index in [1.807, 2.05) is 41.9 Å². The number of amides is 1. The van der Waals surface area contributed by atoms with Crippen molar-refractivity contribution in [3.8, 4) is 11.4 Å². The number of aromatic nitrogens is 4. The normalized spacial score (nSPS) is 17.8. The molecule has 1 aliphatic carbocycles. The first-order valence-corrected chi connectivity index (χ1v) is 13.8. The van der Waals surface area contributed by atoms with Crippen LogP contribution in [0, 0.1) is 12.3 Å². The molecule has 0 bridgehead atoms. The Bertz CT molecular complexity index is 1660. The van der Waals surface area contributed by atoms with E-state index in [0.29, 0.717) is 23.5 Å². The van der Waals surface area contributed by atoms with Gasteiger partial charge in [-0.3, -0.25) is 9.59 Å². The van der Waals surface area contributed by atoms with Crippen molar-refractivity contribution in [1.82, 2.24) is 24.5 Å². The summed E-state index contributed by atoms with van der Waals surface area (Å²) in [5.74, 6) is 0.0651. The molecular weight excluding hydrogens is 504 g/mol. The molecule has 2 aromatic heterocycles. The van der Waals surface area contributed by atoms with Crippen molar-refractivity contribution in [2.24, 2.45) is 11.1 Å². The van der Waals surface area contributed by atoms with E-state index in [-0.39, 0.29) is 17.2 Å². The van der Waals surface area contributed by atoms with Crippen LogP contribution in [0.15, 0.2) is 36.4 Å². The molecule has 0 spiro atoms. The number of Topliss-reactive ketones (excluding diaryl/α,β-unsaturated/α-hetero) is 1. The number of nitrogens with zero attached hydrogens (tertiary/aromatic N) is 5. The molecule has 0 atom stereocenters. The first-order valence-electron chi connectivity index (χ1n) is 13.8. The van der Waals surface area contributed by atoms with E-state index in [2.05, 4.69) is 36.2 Å². The summed E-state index contributed by atoms with van der Waals surface area (Å²) in [6, 6.07) is 11.6. The van der Waals surface area contributed by atoms with Gasteiger partial charge in [-0.1, -0.05) is 13.8 Å². The van der Waals surface area contributed by atoms with Crippen LogP contribution in [0.1, 0.15) is 65.2 Å². The predicted molar refractivity (Wildman–Crippen MR) is 156 cm³/mol. The minimum absolute atomic E-state index is 0.135. The highest BCUT2D eigenvalue weighted by Gasteiger charge is 2.35. The van der Waals surface area contributed by atoms with Gasteiger partial charge in [0.15, 0.2) is 11.6 Å². The number of anilines is 2. The Kier molecular flexibility index (Phi) is 6.18. The van der Waals surface area contributed by atoms with Gasteiger partial charge in [-0.2, -0.15) is 5.10 Å². The monoisotopic (exact) mass is 540 g/mol. The summed E-state index contributed by atoms with van der Waals surface area (Å²) in [5.41, 5.74) is 17.9. The number of nitrogens with one attached hydrogen (secondary N) is 1.